The van der Waals surface area contributed by atoms with E-state index in [1.54, 1.807) is 18.5 Å². The van der Waals surface area contributed by atoms with Gasteiger partial charge in [0.1, 0.15) is 11.3 Å². The molecule has 0 saturated heterocycles. The molecule has 1 N–H and O–H groups in total. The normalized spacial score (nSPS) is 10.4. The van der Waals surface area contributed by atoms with E-state index in [1.165, 1.54) is 18.0 Å². The van der Waals surface area contributed by atoms with E-state index in [2.05, 4.69) is 9.97 Å². The second kappa shape index (κ2) is 4.26. The summed E-state index contributed by atoms with van der Waals surface area (Å²) >= 11 is 1.30. The van der Waals surface area contributed by atoms with Gasteiger partial charge in [-0.15, -0.1) is 0 Å². The highest BCUT2D eigenvalue weighted by Gasteiger charge is 2.06. The number of rotatable bonds is 3. The molecule has 0 unspecified atom stereocenters. The first kappa shape index (κ1) is 9.23. The van der Waals surface area contributed by atoms with Gasteiger partial charge in [0.2, 0.25) is 0 Å². The molecule has 2 heterocycles. The van der Waals surface area contributed by atoms with Crippen LogP contribution in [-0.2, 0) is 6.61 Å². The Morgan fingerprint density at radius 2 is 2.29 bits per heavy atom. The van der Waals surface area contributed by atoms with Crippen molar-refractivity contribution in [3.05, 3.63) is 36.4 Å². The van der Waals surface area contributed by atoms with Gasteiger partial charge in [-0.3, -0.25) is 0 Å². The summed E-state index contributed by atoms with van der Waals surface area (Å²) in [6.07, 6.45) is 4.75. The van der Waals surface area contributed by atoms with E-state index < -0.39 is 0 Å². The van der Waals surface area contributed by atoms with Gasteiger partial charge in [-0.25, -0.2) is 9.97 Å². The van der Waals surface area contributed by atoms with Gasteiger partial charge in [0.05, 0.1) is 12.8 Å². The zero-order valence-corrected chi connectivity index (χ0v) is 8.07. The molecule has 0 atom stereocenters. The molecule has 0 radical (unpaired) electrons. The summed E-state index contributed by atoms with van der Waals surface area (Å²) in [6, 6.07) is 3.60. The summed E-state index contributed by atoms with van der Waals surface area (Å²) in [5.41, 5.74) is 0.774. The molecule has 0 spiro atoms. The molecule has 0 aliphatic carbocycles. The number of aliphatic hydroxyl groups is 1. The van der Waals surface area contributed by atoms with Gasteiger partial charge in [-0.05, 0) is 17.8 Å². The summed E-state index contributed by atoms with van der Waals surface area (Å²) < 4.78 is 5.07. The summed E-state index contributed by atoms with van der Waals surface area (Å²) in [4.78, 5) is 8.09. The zero-order valence-electron chi connectivity index (χ0n) is 7.25. The molecule has 2 aromatic heterocycles. The minimum atomic E-state index is -0.0309. The molecule has 4 nitrogen and oxygen atoms in total. The van der Waals surface area contributed by atoms with Crippen LogP contribution in [0.1, 0.15) is 5.56 Å². The van der Waals surface area contributed by atoms with Gasteiger partial charge in [0.25, 0.3) is 5.22 Å². The topological polar surface area (TPSA) is 59.2 Å². The second-order valence-electron chi connectivity index (χ2n) is 2.53. The number of pyridine rings is 1. The first-order chi connectivity index (χ1) is 6.90. The largest absolute Gasteiger partial charge is 0.440 e. The Kier molecular flexibility index (Phi) is 2.81. The third kappa shape index (κ3) is 1.94. The van der Waals surface area contributed by atoms with Crippen molar-refractivity contribution >= 4 is 11.8 Å². The summed E-state index contributed by atoms with van der Waals surface area (Å²) in [7, 11) is 0. The van der Waals surface area contributed by atoms with Crippen LogP contribution in [0, 0.1) is 0 Å². The predicted molar refractivity (Wildman–Crippen MR) is 50.8 cm³/mol. The molecule has 0 saturated carbocycles. The van der Waals surface area contributed by atoms with Crippen molar-refractivity contribution in [2.75, 3.05) is 0 Å². The van der Waals surface area contributed by atoms with Crippen LogP contribution in [0.5, 0.6) is 0 Å². The molecule has 0 aliphatic heterocycles. The lowest BCUT2D eigenvalue weighted by molar-refractivity contribution is 0.278. The van der Waals surface area contributed by atoms with E-state index in [-0.39, 0.29) is 6.61 Å². The lowest BCUT2D eigenvalue weighted by Gasteiger charge is -2.01. The lowest BCUT2D eigenvalue weighted by atomic mass is 10.3. The van der Waals surface area contributed by atoms with Crippen LogP contribution >= 0.6 is 11.8 Å². The van der Waals surface area contributed by atoms with Crippen molar-refractivity contribution in [3.63, 3.8) is 0 Å². The molecule has 5 heteroatoms. The third-order valence-corrected chi connectivity index (χ3v) is 2.55. The van der Waals surface area contributed by atoms with Crippen LogP contribution in [0.15, 0.2) is 45.5 Å². The maximum Gasteiger partial charge on any atom is 0.261 e. The molecule has 0 bridgehead atoms. The van der Waals surface area contributed by atoms with Crippen molar-refractivity contribution in [3.8, 4) is 0 Å². The summed E-state index contributed by atoms with van der Waals surface area (Å²) in [5.74, 6) is 0. The van der Waals surface area contributed by atoms with E-state index in [9.17, 15) is 0 Å². The quantitative estimate of drug-likeness (QED) is 0.832. The third-order valence-electron chi connectivity index (χ3n) is 1.61. The number of hydrogen-bond acceptors (Lipinski definition) is 5. The van der Waals surface area contributed by atoms with Gasteiger partial charge >= 0.3 is 0 Å². The average Bonchev–Trinajstić information content (AvgIpc) is 2.71. The van der Waals surface area contributed by atoms with Crippen molar-refractivity contribution in [1.82, 2.24) is 9.97 Å². The molecular formula is C9H8N2O2S. The standard InChI is InChI=1S/C9H8N2O2S/c12-6-7-2-1-3-10-8(7)14-9-11-4-5-13-9/h1-5,12H,6H2. The van der Waals surface area contributed by atoms with Gasteiger partial charge in [-0.2, -0.15) is 0 Å². The Bertz CT molecular complexity index is 403. The Morgan fingerprint density at radius 1 is 1.36 bits per heavy atom. The first-order valence-corrected chi connectivity index (χ1v) is 4.84. The number of aromatic nitrogens is 2. The van der Waals surface area contributed by atoms with Gasteiger partial charge < -0.3 is 9.52 Å². The fourth-order valence-electron chi connectivity index (χ4n) is 0.980. The summed E-state index contributed by atoms with van der Waals surface area (Å²) in [6.45, 7) is -0.0309. The second-order valence-corrected chi connectivity index (χ2v) is 3.47. The van der Waals surface area contributed by atoms with Crippen molar-refractivity contribution in [1.29, 1.82) is 0 Å². The number of aliphatic hydroxyl groups excluding tert-OH is 1. The number of hydrogen-bond donors (Lipinski definition) is 1. The maximum absolute atomic E-state index is 9.04. The van der Waals surface area contributed by atoms with E-state index >= 15 is 0 Å². The van der Waals surface area contributed by atoms with Crippen molar-refractivity contribution in [2.45, 2.75) is 16.9 Å². The van der Waals surface area contributed by atoms with Crippen molar-refractivity contribution < 1.29 is 9.52 Å². The minimum Gasteiger partial charge on any atom is -0.440 e. The average molecular weight is 208 g/mol. The SMILES string of the molecule is OCc1cccnc1Sc1ncco1. The van der Waals surface area contributed by atoms with Crippen LogP contribution in [0.4, 0.5) is 0 Å². The predicted octanol–water partition coefficient (Wildman–Crippen LogP) is 1.71. The van der Waals surface area contributed by atoms with Crippen LogP contribution in [0.2, 0.25) is 0 Å². The van der Waals surface area contributed by atoms with Gasteiger partial charge in [-0.1, -0.05) is 6.07 Å². The van der Waals surface area contributed by atoms with Crippen LogP contribution in [-0.4, -0.2) is 15.1 Å². The Balaban J connectivity index is 2.24. The van der Waals surface area contributed by atoms with Gasteiger partial charge in [0.15, 0.2) is 0 Å². The molecule has 14 heavy (non-hydrogen) atoms. The molecule has 0 aromatic carbocycles. The molecule has 72 valence electrons. The monoisotopic (exact) mass is 208 g/mol. The van der Waals surface area contributed by atoms with Gasteiger partial charge in [0, 0.05) is 11.8 Å². The smallest absolute Gasteiger partial charge is 0.261 e. The molecular weight excluding hydrogens is 200 g/mol. The Labute approximate surface area is 85.0 Å². The number of oxazole rings is 1. The fraction of sp³-hybridized carbons (Fsp3) is 0.111. The highest BCUT2D eigenvalue weighted by molar-refractivity contribution is 7.99. The van der Waals surface area contributed by atoms with E-state index in [0.717, 1.165) is 10.6 Å². The molecule has 0 fully saturated rings. The Hall–Kier alpha value is -1.33. The van der Waals surface area contributed by atoms with E-state index in [1.807, 2.05) is 6.07 Å². The minimum absolute atomic E-state index is 0.0309. The molecule has 0 amide bonds. The summed E-state index contributed by atoms with van der Waals surface area (Å²) in [5, 5.41) is 10.3. The molecule has 0 aliphatic rings. The van der Waals surface area contributed by atoms with Crippen LogP contribution < -0.4 is 0 Å². The highest BCUT2D eigenvalue weighted by atomic mass is 32.2. The molecule has 2 aromatic rings. The maximum atomic E-state index is 9.04. The van der Waals surface area contributed by atoms with E-state index in [4.69, 9.17) is 9.52 Å². The highest BCUT2D eigenvalue weighted by Crippen LogP contribution is 2.26. The molecule has 2 rings (SSSR count). The zero-order chi connectivity index (χ0) is 9.80. The Morgan fingerprint density at radius 3 is 3.00 bits per heavy atom. The number of nitrogens with zero attached hydrogens (tertiary/aromatic N) is 2. The first-order valence-electron chi connectivity index (χ1n) is 4.02. The van der Waals surface area contributed by atoms with E-state index in [0.29, 0.717) is 5.22 Å². The van der Waals surface area contributed by atoms with Crippen molar-refractivity contribution in [2.24, 2.45) is 0 Å². The lowest BCUT2D eigenvalue weighted by Crippen LogP contribution is -1.89. The fourth-order valence-corrected chi connectivity index (χ4v) is 1.74. The van der Waals surface area contributed by atoms with Crippen LogP contribution in [0.3, 0.4) is 0 Å². The van der Waals surface area contributed by atoms with Crippen LogP contribution in [0.25, 0.3) is 0 Å².